The van der Waals surface area contributed by atoms with Crippen molar-refractivity contribution in [3.05, 3.63) is 11.1 Å². The number of methoxy groups -OCH3 is 1. The maximum Gasteiger partial charge on any atom is 0.355 e. The predicted octanol–water partition coefficient (Wildman–Crippen LogP) is 1.84. The lowest BCUT2D eigenvalue weighted by atomic mass is 10.2. The highest BCUT2D eigenvalue weighted by Crippen LogP contribution is 2.26. The van der Waals surface area contributed by atoms with Gasteiger partial charge in [0.15, 0.2) is 10.0 Å². The van der Waals surface area contributed by atoms with Crippen LogP contribution >= 0.6 is 23.1 Å². The molecular formula is C17H26N4O4S2. The maximum atomic E-state index is 12.3. The van der Waals surface area contributed by atoms with E-state index in [4.69, 9.17) is 9.84 Å². The van der Waals surface area contributed by atoms with Crippen molar-refractivity contribution in [3.63, 3.8) is 0 Å². The average molecular weight is 415 g/mol. The van der Waals surface area contributed by atoms with Crippen molar-refractivity contribution in [1.82, 2.24) is 19.9 Å². The molecule has 0 aliphatic carbocycles. The molecule has 1 aromatic heterocycles. The second-order valence-corrected chi connectivity index (χ2v) is 8.97. The van der Waals surface area contributed by atoms with Gasteiger partial charge in [-0.2, -0.15) is 0 Å². The zero-order chi connectivity index (χ0) is 19.4. The van der Waals surface area contributed by atoms with Gasteiger partial charge in [0.1, 0.15) is 6.23 Å². The third-order valence-electron chi connectivity index (χ3n) is 5.07. The van der Waals surface area contributed by atoms with Crippen molar-refractivity contribution >= 4 is 35.0 Å². The van der Waals surface area contributed by atoms with Crippen molar-refractivity contribution in [2.24, 2.45) is 0 Å². The minimum Gasteiger partial charge on any atom is -0.476 e. The van der Waals surface area contributed by atoms with Crippen LogP contribution in [0.15, 0.2) is 9.72 Å². The van der Waals surface area contributed by atoms with Crippen LogP contribution in [0.4, 0.5) is 0 Å². The lowest BCUT2D eigenvalue weighted by molar-refractivity contribution is -0.134. The molecule has 0 spiro atoms. The van der Waals surface area contributed by atoms with Gasteiger partial charge in [0.05, 0.1) is 0 Å². The Balaban J connectivity index is 1.50. The molecule has 1 N–H and O–H groups in total. The third-order valence-corrected chi connectivity index (χ3v) is 7.07. The van der Waals surface area contributed by atoms with E-state index in [9.17, 15) is 9.59 Å². The SMILES string of the molecule is CO[C@H]1CCCN1N(C)C[C@H]1CCC(=O)N1CCSc1nc(C(=O)O)cs1. The first-order valence-electron chi connectivity index (χ1n) is 9.11. The number of aromatic nitrogens is 1. The number of carbonyl (C=O) groups is 2. The Morgan fingerprint density at radius 2 is 2.33 bits per heavy atom. The van der Waals surface area contributed by atoms with Gasteiger partial charge in [0, 0.05) is 57.4 Å². The highest BCUT2D eigenvalue weighted by Gasteiger charge is 2.34. The standard InChI is InChI=1S/C17H26N4O4S2/c1-19(21-7-3-4-15(21)25-2)10-12-5-6-14(22)20(12)8-9-26-17-18-13(11-27-17)16(23)24/h11-12,15H,3-10H2,1-2H3,(H,23,24)/t12-,15+/m1/s1. The van der Waals surface area contributed by atoms with Crippen LogP contribution in [-0.4, -0.2) is 88.7 Å². The van der Waals surface area contributed by atoms with Crippen LogP contribution in [0.25, 0.3) is 0 Å². The molecule has 3 heterocycles. The highest BCUT2D eigenvalue weighted by molar-refractivity contribution is 8.01. The molecule has 2 saturated heterocycles. The number of hydrogen-bond acceptors (Lipinski definition) is 8. The number of hydrazine groups is 1. The number of likely N-dealkylation sites (tertiary alicyclic amines) is 1. The molecule has 0 saturated carbocycles. The molecule has 150 valence electrons. The quantitative estimate of drug-likeness (QED) is 0.613. The number of thiazole rings is 1. The van der Waals surface area contributed by atoms with E-state index in [1.807, 2.05) is 4.90 Å². The Morgan fingerprint density at radius 1 is 1.52 bits per heavy atom. The van der Waals surface area contributed by atoms with Crippen LogP contribution in [0, 0.1) is 0 Å². The number of hydrogen-bond donors (Lipinski definition) is 1. The van der Waals surface area contributed by atoms with E-state index >= 15 is 0 Å². The minimum atomic E-state index is -1.01. The maximum absolute atomic E-state index is 12.3. The summed E-state index contributed by atoms with van der Waals surface area (Å²) in [5, 5.41) is 14.9. The van der Waals surface area contributed by atoms with Crippen molar-refractivity contribution in [3.8, 4) is 0 Å². The molecule has 1 aromatic rings. The lowest BCUT2D eigenvalue weighted by Crippen LogP contribution is -2.50. The number of likely N-dealkylation sites (N-methyl/N-ethyl adjacent to an activating group) is 1. The van der Waals surface area contributed by atoms with E-state index in [0.717, 1.165) is 36.7 Å². The van der Waals surface area contributed by atoms with Gasteiger partial charge in [-0.1, -0.05) is 11.8 Å². The number of carboxylic acid groups (broad SMARTS) is 1. The number of carbonyl (C=O) groups excluding carboxylic acids is 1. The third kappa shape index (κ3) is 5.00. The molecule has 0 aromatic carbocycles. The fourth-order valence-electron chi connectivity index (χ4n) is 3.70. The first kappa shape index (κ1) is 20.5. The monoisotopic (exact) mass is 414 g/mol. The van der Waals surface area contributed by atoms with E-state index in [2.05, 4.69) is 22.0 Å². The molecule has 2 aliphatic rings. The fourth-order valence-corrected chi connectivity index (χ4v) is 5.51. The van der Waals surface area contributed by atoms with Crippen molar-refractivity contribution in [2.75, 3.05) is 39.5 Å². The minimum absolute atomic E-state index is 0.0811. The molecule has 8 nitrogen and oxygen atoms in total. The normalized spacial score (nSPS) is 23.7. The van der Waals surface area contributed by atoms with Crippen molar-refractivity contribution < 1.29 is 19.4 Å². The lowest BCUT2D eigenvalue weighted by Gasteiger charge is -2.36. The predicted molar refractivity (Wildman–Crippen MR) is 104 cm³/mol. The van der Waals surface area contributed by atoms with Crippen LogP contribution in [0.3, 0.4) is 0 Å². The smallest absolute Gasteiger partial charge is 0.355 e. The molecule has 1 amide bonds. The van der Waals surface area contributed by atoms with Gasteiger partial charge in [-0.3, -0.25) is 4.79 Å². The van der Waals surface area contributed by atoms with Crippen molar-refractivity contribution in [2.45, 2.75) is 42.3 Å². The summed E-state index contributed by atoms with van der Waals surface area (Å²) in [7, 11) is 3.81. The molecule has 2 atom stereocenters. The Bertz CT molecular complexity index is 671. The summed E-state index contributed by atoms with van der Waals surface area (Å²) < 4.78 is 6.27. The number of thioether (sulfide) groups is 1. The van der Waals surface area contributed by atoms with E-state index in [0.29, 0.717) is 18.7 Å². The summed E-state index contributed by atoms with van der Waals surface area (Å²) in [4.78, 5) is 29.3. The van der Waals surface area contributed by atoms with E-state index < -0.39 is 5.97 Å². The molecule has 2 fully saturated rings. The number of rotatable bonds is 9. The Labute approximate surface area is 167 Å². The van der Waals surface area contributed by atoms with Gasteiger partial charge in [-0.25, -0.2) is 19.8 Å². The van der Waals surface area contributed by atoms with Crippen LogP contribution in [0.2, 0.25) is 0 Å². The second kappa shape index (κ2) is 9.33. The number of amides is 1. The van der Waals surface area contributed by atoms with Gasteiger partial charge in [-0.15, -0.1) is 11.3 Å². The van der Waals surface area contributed by atoms with Gasteiger partial charge in [0.25, 0.3) is 0 Å². The number of carboxylic acids is 1. The average Bonchev–Trinajstić information content (AvgIpc) is 3.36. The van der Waals surface area contributed by atoms with Crippen molar-refractivity contribution in [1.29, 1.82) is 0 Å². The summed E-state index contributed by atoms with van der Waals surface area (Å²) in [6, 6.07) is 0.201. The molecule has 3 rings (SSSR count). The number of aromatic carboxylic acids is 1. The Kier molecular flexibility index (Phi) is 7.10. The Hall–Kier alpha value is -1.20. The van der Waals surface area contributed by atoms with Gasteiger partial charge in [-0.05, 0) is 19.3 Å². The molecule has 2 aliphatic heterocycles. The molecule has 10 heteroatoms. The molecule has 0 unspecified atom stereocenters. The van der Waals surface area contributed by atoms with Crippen LogP contribution in [-0.2, 0) is 9.53 Å². The van der Waals surface area contributed by atoms with E-state index in [1.165, 1.54) is 23.1 Å². The van der Waals surface area contributed by atoms with E-state index in [1.54, 1.807) is 12.5 Å². The van der Waals surface area contributed by atoms with Crippen LogP contribution in [0.5, 0.6) is 0 Å². The number of nitrogens with zero attached hydrogens (tertiary/aromatic N) is 4. The molecule has 27 heavy (non-hydrogen) atoms. The number of ether oxygens (including phenoxy) is 1. The first-order valence-corrected chi connectivity index (χ1v) is 11.0. The van der Waals surface area contributed by atoms with Gasteiger partial charge in [0.2, 0.25) is 5.91 Å². The summed E-state index contributed by atoms with van der Waals surface area (Å²) in [6.07, 6.45) is 3.76. The van der Waals surface area contributed by atoms with Gasteiger partial charge < -0.3 is 14.7 Å². The zero-order valence-corrected chi connectivity index (χ0v) is 17.3. The topological polar surface area (TPSA) is 86.2 Å². The largest absolute Gasteiger partial charge is 0.476 e. The second-order valence-electron chi connectivity index (χ2n) is 6.77. The van der Waals surface area contributed by atoms with Crippen LogP contribution < -0.4 is 0 Å². The first-order chi connectivity index (χ1) is 13.0. The zero-order valence-electron chi connectivity index (χ0n) is 15.7. The van der Waals surface area contributed by atoms with E-state index in [-0.39, 0.29) is 23.9 Å². The summed E-state index contributed by atoms with van der Waals surface area (Å²) >= 11 is 2.83. The highest BCUT2D eigenvalue weighted by atomic mass is 32.2. The molecule has 0 bridgehead atoms. The van der Waals surface area contributed by atoms with Gasteiger partial charge >= 0.3 is 5.97 Å². The molecular weight excluding hydrogens is 388 g/mol. The summed E-state index contributed by atoms with van der Waals surface area (Å²) in [5.41, 5.74) is 0.0811. The molecule has 0 radical (unpaired) electrons. The summed E-state index contributed by atoms with van der Waals surface area (Å²) in [5.74, 6) is -0.0978. The van der Waals surface area contributed by atoms with Crippen LogP contribution in [0.1, 0.15) is 36.2 Å². The Morgan fingerprint density at radius 3 is 3.04 bits per heavy atom. The summed E-state index contributed by atoms with van der Waals surface area (Å²) in [6.45, 7) is 2.44. The fraction of sp³-hybridized carbons (Fsp3) is 0.706.